The van der Waals surface area contributed by atoms with Gasteiger partial charge >= 0.3 is 0 Å². The van der Waals surface area contributed by atoms with E-state index in [4.69, 9.17) is 0 Å². The number of allylic oxidation sites excluding steroid dienone is 2. The van der Waals surface area contributed by atoms with Crippen molar-refractivity contribution in [3.63, 3.8) is 0 Å². The first-order valence-corrected chi connectivity index (χ1v) is 5.32. The van der Waals surface area contributed by atoms with Gasteiger partial charge in [-0.3, -0.25) is 4.79 Å². The number of rotatable bonds is 0. The van der Waals surface area contributed by atoms with Crippen LogP contribution in [0.3, 0.4) is 0 Å². The van der Waals surface area contributed by atoms with Crippen LogP contribution in [0.5, 0.6) is 0 Å². The van der Waals surface area contributed by atoms with Crippen molar-refractivity contribution < 1.29 is 4.79 Å². The Bertz CT molecular complexity index is 264. The number of carbonyl (C=O) groups is 1. The number of ketones is 1. The van der Waals surface area contributed by atoms with Gasteiger partial charge in [-0.2, -0.15) is 0 Å². The molecule has 0 aromatic heterocycles. The fraction of sp³-hybridized carbons (Fsp3) is 0.750. The molecule has 0 bridgehead atoms. The maximum atomic E-state index is 11.9. The van der Waals surface area contributed by atoms with E-state index in [1.807, 2.05) is 0 Å². The molecule has 0 saturated heterocycles. The number of fused-ring (bicyclic) bond motifs is 1. The fourth-order valence-corrected chi connectivity index (χ4v) is 2.96. The lowest BCUT2D eigenvalue weighted by Gasteiger charge is -2.42. The SMILES string of the molecule is CC1=CC[C@H]2CCCC(=O)[C@@]2(C)C1. The van der Waals surface area contributed by atoms with E-state index < -0.39 is 0 Å². The van der Waals surface area contributed by atoms with E-state index in [1.54, 1.807) is 0 Å². The molecule has 2 aliphatic rings. The summed E-state index contributed by atoms with van der Waals surface area (Å²) in [6, 6.07) is 0. The van der Waals surface area contributed by atoms with Crippen LogP contribution in [0, 0.1) is 11.3 Å². The number of carbonyl (C=O) groups excluding carboxylic acids is 1. The van der Waals surface area contributed by atoms with Crippen molar-refractivity contribution in [3.8, 4) is 0 Å². The molecule has 0 spiro atoms. The van der Waals surface area contributed by atoms with E-state index >= 15 is 0 Å². The molecule has 1 fully saturated rings. The predicted octanol–water partition coefficient (Wildman–Crippen LogP) is 3.10. The van der Waals surface area contributed by atoms with Crippen LogP contribution in [0.1, 0.15) is 46.0 Å². The van der Waals surface area contributed by atoms with Gasteiger partial charge in [0.15, 0.2) is 0 Å². The molecule has 0 amide bonds. The van der Waals surface area contributed by atoms with Crippen LogP contribution >= 0.6 is 0 Å². The highest BCUT2D eigenvalue weighted by atomic mass is 16.1. The largest absolute Gasteiger partial charge is 0.299 e. The summed E-state index contributed by atoms with van der Waals surface area (Å²) in [5, 5.41) is 0. The third kappa shape index (κ3) is 1.34. The van der Waals surface area contributed by atoms with E-state index in [0.717, 1.165) is 25.7 Å². The normalized spacial score (nSPS) is 39.7. The quantitative estimate of drug-likeness (QED) is 0.521. The standard InChI is InChI=1S/C12H18O/c1-9-6-7-10-4-3-5-11(13)12(10,2)8-9/h6,10H,3-5,7-8H2,1-2H3/t10-,12+/m1/s1. The van der Waals surface area contributed by atoms with Crippen LogP contribution in [0.15, 0.2) is 11.6 Å². The second-order valence-corrected chi connectivity index (χ2v) is 4.89. The highest BCUT2D eigenvalue weighted by Crippen LogP contribution is 2.47. The molecule has 0 unspecified atom stereocenters. The topological polar surface area (TPSA) is 17.1 Å². The average Bonchev–Trinajstić information content (AvgIpc) is 2.07. The van der Waals surface area contributed by atoms with Gasteiger partial charge in [0, 0.05) is 11.8 Å². The van der Waals surface area contributed by atoms with Crippen LogP contribution in [0.25, 0.3) is 0 Å². The first kappa shape index (κ1) is 8.98. The molecule has 0 radical (unpaired) electrons. The van der Waals surface area contributed by atoms with Crippen LogP contribution < -0.4 is 0 Å². The van der Waals surface area contributed by atoms with Crippen molar-refractivity contribution >= 4 is 5.78 Å². The molecule has 0 aromatic rings. The summed E-state index contributed by atoms with van der Waals surface area (Å²) in [5.74, 6) is 1.15. The Balaban J connectivity index is 2.29. The Kier molecular flexibility index (Phi) is 2.05. The third-order valence-corrected chi connectivity index (χ3v) is 3.89. The van der Waals surface area contributed by atoms with E-state index in [2.05, 4.69) is 19.9 Å². The zero-order valence-corrected chi connectivity index (χ0v) is 8.60. The van der Waals surface area contributed by atoms with E-state index in [1.165, 1.54) is 12.0 Å². The average molecular weight is 178 g/mol. The van der Waals surface area contributed by atoms with Crippen molar-refractivity contribution in [1.29, 1.82) is 0 Å². The minimum Gasteiger partial charge on any atom is -0.299 e. The Morgan fingerprint density at radius 2 is 2.31 bits per heavy atom. The minimum absolute atomic E-state index is 0.00289. The van der Waals surface area contributed by atoms with Gasteiger partial charge < -0.3 is 0 Å². The van der Waals surface area contributed by atoms with Crippen LogP contribution in [0.2, 0.25) is 0 Å². The second kappa shape index (κ2) is 2.97. The van der Waals surface area contributed by atoms with Crippen LogP contribution in [-0.2, 0) is 4.79 Å². The van der Waals surface area contributed by atoms with Crippen LogP contribution in [-0.4, -0.2) is 5.78 Å². The molecule has 0 aliphatic heterocycles. The summed E-state index contributed by atoms with van der Waals surface area (Å²) in [6.07, 6.45) is 7.66. The van der Waals surface area contributed by atoms with Crippen LogP contribution in [0.4, 0.5) is 0 Å². The van der Waals surface area contributed by atoms with Gasteiger partial charge in [-0.15, -0.1) is 0 Å². The number of hydrogen-bond acceptors (Lipinski definition) is 1. The summed E-state index contributed by atoms with van der Waals surface area (Å²) in [5.41, 5.74) is 1.41. The molecule has 72 valence electrons. The van der Waals surface area contributed by atoms with Crippen molar-refractivity contribution in [3.05, 3.63) is 11.6 Å². The molecule has 0 N–H and O–H groups in total. The lowest BCUT2D eigenvalue weighted by molar-refractivity contribution is -0.134. The third-order valence-electron chi connectivity index (χ3n) is 3.89. The maximum absolute atomic E-state index is 11.9. The smallest absolute Gasteiger partial charge is 0.139 e. The first-order chi connectivity index (χ1) is 6.13. The van der Waals surface area contributed by atoms with Gasteiger partial charge in [0.25, 0.3) is 0 Å². The molecule has 13 heavy (non-hydrogen) atoms. The van der Waals surface area contributed by atoms with Gasteiger partial charge in [-0.1, -0.05) is 18.6 Å². The molecule has 1 saturated carbocycles. The van der Waals surface area contributed by atoms with Gasteiger partial charge in [0.1, 0.15) is 5.78 Å². The lowest BCUT2D eigenvalue weighted by Crippen LogP contribution is -2.41. The van der Waals surface area contributed by atoms with E-state index in [-0.39, 0.29) is 5.41 Å². The molecule has 1 heteroatoms. The van der Waals surface area contributed by atoms with E-state index in [0.29, 0.717) is 11.7 Å². The van der Waals surface area contributed by atoms with Crippen molar-refractivity contribution in [1.82, 2.24) is 0 Å². The monoisotopic (exact) mass is 178 g/mol. The number of Topliss-reactive ketones (excluding diaryl/α,β-unsaturated/α-hetero) is 1. The highest BCUT2D eigenvalue weighted by Gasteiger charge is 2.43. The summed E-state index contributed by atoms with van der Waals surface area (Å²) in [7, 11) is 0. The predicted molar refractivity (Wildman–Crippen MR) is 53.4 cm³/mol. The molecule has 2 atom stereocenters. The van der Waals surface area contributed by atoms with Crippen molar-refractivity contribution in [2.24, 2.45) is 11.3 Å². The Morgan fingerprint density at radius 3 is 3.08 bits per heavy atom. The lowest BCUT2D eigenvalue weighted by atomic mass is 9.60. The molecule has 0 heterocycles. The first-order valence-electron chi connectivity index (χ1n) is 5.32. The molecule has 2 rings (SSSR count). The van der Waals surface area contributed by atoms with Crippen molar-refractivity contribution in [2.75, 3.05) is 0 Å². The summed E-state index contributed by atoms with van der Waals surface area (Å²) >= 11 is 0. The van der Waals surface area contributed by atoms with Gasteiger partial charge in [0.05, 0.1) is 0 Å². The number of hydrogen-bond donors (Lipinski definition) is 0. The zero-order chi connectivity index (χ0) is 9.47. The molecule has 2 aliphatic carbocycles. The minimum atomic E-state index is -0.00289. The molecular weight excluding hydrogens is 160 g/mol. The highest BCUT2D eigenvalue weighted by molar-refractivity contribution is 5.86. The summed E-state index contributed by atoms with van der Waals surface area (Å²) in [6.45, 7) is 4.33. The molecular formula is C12H18O. The summed E-state index contributed by atoms with van der Waals surface area (Å²) in [4.78, 5) is 11.9. The Morgan fingerprint density at radius 1 is 1.54 bits per heavy atom. The van der Waals surface area contributed by atoms with Crippen molar-refractivity contribution in [2.45, 2.75) is 46.0 Å². The maximum Gasteiger partial charge on any atom is 0.139 e. The zero-order valence-electron chi connectivity index (χ0n) is 8.60. The van der Waals surface area contributed by atoms with Gasteiger partial charge in [-0.25, -0.2) is 0 Å². The van der Waals surface area contributed by atoms with Gasteiger partial charge in [0.2, 0.25) is 0 Å². The molecule has 0 aromatic carbocycles. The van der Waals surface area contributed by atoms with Gasteiger partial charge in [-0.05, 0) is 38.5 Å². The van der Waals surface area contributed by atoms with E-state index in [9.17, 15) is 4.79 Å². The Hall–Kier alpha value is -0.590. The Labute approximate surface area is 80.2 Å². The second-order valence-electron chi connectivity index (χ2n) is 4.89. The fourth-order valence-electron chi connectivity index (χ4n) is 2.96. The molecule has 1 nitrogen and oxygen atoms in total. The summed E-state index contributed by atoms with van der Waals surface area (Å²) < 4.78 is 0.